The van der Waals surface area contributed by atoms with Gasteiger partial charge in [-0.25, -0.2) is 8.78 Å². The van der Waals surface area contributed by atoms with Gasteiger partial charge in [0.15, 0.2) is 11.5 Å². The molecule has 5 rings (SSSR count). The highest BCUT2D eigenvalue weighted by molar-refractivity contribution is 5.94. The van der Waals surface area contributed by atoms with E-state index in [9.17, 15) is 18.4 Å². The topological polar surface area (TPSA) is 87.5 Å². The average Bonchev–Trinajstić information content (AvgIpc) is 3.57. The normalized spacial score (nSPS) is 23.7. The molecule has 7 nitrogen and oxygen atoms in total. The Kier molecular flexibility index (Phi) is 7.13. The Morgan fingerprint density at radius 2 is 1.86 bits per heavy atom. The molecule has 2 aliphatic carbocycles. The first kappa shape index (κ1) is 23.9. The molecule has 0 radical (unpaired) electrons. The van der Waals surface area contributed by atoms with Gasteiger partial charge >= 0.3 is 0 Å². The highest BCUT2D eigenvalue weighted by Gasteiger charge is 2.38. The van der Waals surface area contributed by atoms with Gasteiger partial charge in [-0.1, -0.05) is 24.4 Å². The SMILES string of the molecule is O=C(NC1CCN(C2CCCCC2)CC1C(=O)NCC1CC1)c1cc(-c2ccc(F)cc2F)on1. The second-order valence-electron chi connectivity index (χ2n) is 10.2. The van der Waals surface area contributed by atoms with Crippen LogP contribution in [0.2, 0.25) is 0 Å². The van der Waals surface area contributed by atoms with E-state index in [2.05, 4.69) is 20.7 Å². The van der Waals surface area contributed by atoms with Crippen molar-refractivity contribution in [3.8, 4) is 11.3 Å². The number of hydrogen-bond acceptors (Lipinski definition) is 5. The van der Waals surface area contributed by atoms with Gasteiger partial charge in [0, 0.05) is 43.9 Å². The molecule has 2 N–H and O–H groups in total. The molecular formula is C26H32F2N4O3. The number of halogens is 2. The summed E-state index contributed by atoms with van der Waals surface area (Å²) in [6, 6.07) is 4.62. The van der Waals surface area contributed by atoms with Crippen LogP contribution in [-0.4, -0.2) is 53.6 Å². The first-order chi connectivity index (χ1) is 17.0. The minimum absolute atomic E-state index is 0.00410. The van der Waals surface area contributed by atoms with Crippen molar-refractivity contribution in [2.24, 2.45) is 11.8 Å². The molecule has 1 aromatic heterocycles. The predicted octanol–water partition coefficient (Wildman–Crippen LogP) is 3.90. The molecule has 2 heterocycles. The monoisotopic (exact) mass is 486 g/mol. The fraction of sp³-hybridized carbons (Fsp3) is 0.577. The predicted molar refractivity (Wildman–Crippen MR) is 125 cm³/mol. The van der Waals surface area contributed by atoms with E-state index in [-0.39, 0.29) is 34.9 Å². The number of nitrogens with one attached hydrogen (secondary N) is 2. The largest absolute Gasteiger partial charge is 0.355 e. The van der Waals surface area contributed by atoms with Gasteiger partial charge in [-0.15, -0.1) is 0 Å². The third-order valence-electron chi connectivity index (χ3n) is 7.59. The lowest BCUT2D eigenvalue weighted by Gasteiger charge is -2.43. The quantitative estimate of drug-likeness (QED) is 0.620. The molecule has 0 spiro atoms. The number of benzene rings is 1. The van der Waals surface area contributed by atoms with Crippen LogP contribution in [0.4, 0.5) is 8.78 Å². The van der Waals surface area contributed by atoms with Gasteiger partial charge in [-0.2, -0.15) is 0 Å². The molecule has 3 fully saturated rings. The smallest absolute Gasteiger partial charge is 0.273 e. The average molecular weight is 487 g/mol. The van der Waals surface area contributed by atoms with Crippen LogP contribution in [0.1, 0.15) is 61.9 Å². The van der Waals surface area contributed by atoms with Crippen molar-refractivity contribution in [3.63, 3.8) is 0 Å². The lowest BCUT2D eigenvalue weighted by atomic mass is 9.87. The number of carbonyl (C=O) groups excluding carboxylic acids is 2. The number of likely N-dealkylation sites (tertiary alicyclic amines) is 1. The van der Waals surface area contributed by atoms with E-state index in [1.807, 2.05) is 0 Å². The number of nitrogens with zero attached hydrogens (tertiary/aromatic N) is 2. The molecule has 1 aromatic carbocycles. The summed E-state index contributed by atoms with van der Waals surface area (Å²) in [4.78, 5) is 28.6. The van der Waals surface area contributed by atoms with Crippen molar-refractivity contribution < 1.29 is 22.9 Å². The molecule has 9 heteroatoms. The molecule has 35 heavy (non-hydrogen) atoms. The fourth-order valence-electron chi connectivity index (χ4n) is 5.33. The molecule has 1 aliphatic heterocycles. The second-order valence-corrected chi connectivity index (χ2v) is 10.2. The van der Waals surface area contributed by atoms with Gasteiger partial charge in [0.25, 0.3) is 5.91 Å². The van der Waals surface area contributed by atoms with E-state index in [0.717, 1.165) is 44.4 Å². The molecule has 2 saturated carbocycles. The lowest BCUT2D eigenvalue weighted by Crippen LogP contribution is -2.58. The molecule has 2 amide bonds. The molecular weight excluding hydrogens is 454 g/mol. The standard InChI is InChI=1S/C26H32F2N4O3/c27-17-8-9-19(21(28)12-17)24-13-23(31-35-24)26(34)30-22-10-11-32(18-4-2-1-3-5-18)15-20(22)25(33)29-14-16-6-7-16/h8-9,12-13,16,18,20,22H,1-7,10-11,14-15H2,(H,29,33)(H,30,34). The maximum absolute atomic E-state index is 14.1. The van der Waals surface area contributed by atoms with Crippen LogP contribution in [0.3, 0.4) is 0 Å². The maximum atomic E-state index is 14.1. The van der Waals surface area contributed by atoms with Gasteiger partial charge in [-0.05, 0) is 50.2 Å². The van der Waals surface area contributed by atoms with Gasteiger partial charge in [0.2, 0.25) is 5.91 Å². The third-order valence-corrected chi connectivity index (χ3v) is 7.59. The molecule has 3 aliphatic rings. The second kappa shape index (κ2) is 10.4. The zero-order valence-electron chi connectivity index (χ0n) is 19.8. The minimum Gasteiger partial charge on any atom is -0.355 e. The van der Waals surface area contributed by atoms with Crippen LogP contribution in [0, 0.1) is 23.5 Å². The van der Waals surface area contributed by atoms with Gasteiger partial charge in [0.1, 0.15) is 11.6 Å². The summed E-state index contributed by atoms with van der Waals surface area (Å²) in [5, 5.41) is 9.86. The van der Waals surface area contributed by atoms with Crippen molar-refractivity contribution in [1.29, 1.82) is 0 Å². The summed E-state index contributed by atoms with van der Waals surface area (Å²) >= 11 is 0. The third kappa shape index (κ3) is 5.72. The Balaban J connectivity index is 1.27. The Bertz CT molecular complexity index is 1060. The summed E-state index contributed by atoms with van der Waals surface area (Å²) in [5.74, 6) is -1.72. The van der Waals surface area contributed by atoms with Crippen molar-refractivity contribution >= 4 is 11.8 Å². The number of piperidine rings is 1. The van der Waals surface area contributed by atoms with Crippen LogP contribution in [0.15, 0.2) is 28.8 Å². The number of carbonyl (C=O) groups is 2. The van der Waals surface area contributed by atoms with Crippen LogP contribution in [0.5, 0.6) is 0 Å². The van der Waals surface area contributed by atoms with E-state index < -0.39 is 17.5 Å². The molecule has 1 saturated heterocycles. The van der Waals surface area contributed by atoms with Crippen LogP contribution >= 0.6 is 0 Å². The Labute approximate surface area is 203 Å². The Morgan fingerprint density at radius 1 is 1.06 bits per heavy atom. The Hall–Kier alpha value is -2.81. The molecule has 2 atom stereocenters. The van der Waals surface area contributed by atoms with Crippen LogP contribution in [0.25, 0.3) is 11.3 Å². The number of amides is 2. The van der Waals surface area contributed by atoms with Crippen LogP contribution < -0.4 is 10.6 Å². The molecule has 188 valence electrons. The highest BCUT2D eigenvalue weighted by atomic mass is 19.1. The van der Waals surface area contributed by atoms with Crippen LogP contribution in [-0.2, 0) is 4.79 Å². The van der Waals surface area contributed by atoms with E-state index in [0.29, 0.717) is 31.5 Å². The summed E-state index contributed by atoms with van der Waals surface area (Å²) in [7, 11) is 0. The van der Waals surface area contributed by atoms with E-state index in [1.54, 1.807) is 0 Å². The fourth-order valence-corrected chi connectivity index (χ4v) is 5.33. The zero-order chi connectivity index (χ0) is 24.4. The van der Waals surface area contributed by atoms with E-state index in [4.69, 9.17) is 4.52 Å². The zero-order valence-corrected chi connectivity index (χ0v) is 19.8. The maximum Gasteiger partial charge on any atom is 0.273 e. The highest BCUT2D eigenvalue weighted by Crippen LogP contribution is 2.30. The summed E-state index contributed by atoms with van der Waals surface area (Å²) < 4.78 is 32.5. The van der Waals surface area contributed by atoms with Gasteiger partial charge in [0.05, 0.1) is 11.5 Å². The van der Waals surface area contributed by atoms with Crippen molar-refractivity contribution in [1.82, 2.24) is 20.7 Å². The Morgan fingerprint density at radius 3 is 2.60 bits per heavy atom. The number of aromatic nitrogens is 1. The van der Waals surface area contributed by atoms with Gasteiger partial charge in [-0.3, -0.25) is 14.5 Å². The molecule has 2 aromatic rings. The molecule has 0 bridgehead atoms. The van der Waals surface area contributed by atoms with Crippen molar-refractivity contribution in [2.75, 3.05) is 19.6 Å². The van der Waals surface area contributed by atoms with Gasteiger partial charge < -0.3 is 15.2 Å². The summed E-state index contributed by atoms with van der Waals surface area (Å²) in [6.45, 7) is 2.14. The first-order valence-corrected chi connectivity index (χ1v) is 12.7. The minimum atomic E-state index is -0.796. The first-order valence-electron chi connectivity index (χ1n) is 12.7. The van der Waals surface area contributed by atoms with E-state index in [1.165, 1.54) is 31.4 Å². The molecule has 2 unspecified atom stereocenters. The number of hydrogen-bond donors (Lipinski definition) is 2. The summed E-state index contributed by atoms with van der Waals surface area (Å²) in [5.41, 5.74) is 0.0200. The number of rotatable bonds is 7. The van der Waals surface area contributed by atoms with E-state index >= 15 is 0 Å². The summed E-state index contributed by atoms with van der Waals surface area (Å²) in [6.07, 6.45) is 9.03. The lowest BCUT2D eigenvalue weighted by molar-refractivity contribution is -0.128. The van der Waals surface area contributed by atoms with Crippen molar-refractivity contribution in [3.05, 3.63) is 41.6 Å². The van der Waals surface area contributed by atoms with Crippen molar-refractivity contribution in [2.45, 2.75) is 63.5 Å².